The number of aromatic amines is 1. The number of fused-ring (bicyclic) bond motifs is 1. The lowest BCUT2D eigenvalue weighted by Crippen LogP contribution is -2.38. The van der Waals surface area contributed by atoms with E-state index in [0.29, 0.717) is 36.2 Å². The Morgan fingerprint density at radius 2 is 2.00 bits per heavy atom. The first-order valence-electron chi connectivity index (χ1n) is 6.90. The molecule has 1 aliphatic heterocycles. The highest BCUT2D eigenvalue weighted by atomic mass is 16.5. The van der Waals surface area contributed by atoms with Gasteiger partial charge in [-0.05, 0) is 12.1 Å². The summed E-state index contributed by atoms with van der Waals surface area (Å²) in [6.07, 6.45) is 0. The van der Waals surface area contributed by atoms with Gasteiger partial charge in [-0.2, -0.15) is 0 Å². The first-order valence-corrected chi connectivity index (χ1v) is 6.90. The van der Waals surface area contributed by atoms with Crippen LogP contribution in [0, 0.1) is 0 Å². The van der Waals surface area contributed by atoms with Gasteiger partial charge in [0.2, 0.25) is 0 Å². The highest BCUT2D eigenvalue weighted by Crippen LogP contribution is 2.13. The molecule has 1 aliphatic rings. The average Bonchev–Trinajstić information content (AvgIpc) is 2.51. The number of pyridine rings is 1. The van der Waals surface area contributed by atoms with E-state index < -0.39 is 5.91 Å². The molecule has 1 aromatic heterocycles. The Hall–Kier alpha value is -2.18. The van der Waals surface area contributed by atoms with Crippen LogP contribution >= 0.6 is 0 Å². The summed E-state index contributed by atoms with van der Waals surface area (Å²) < 4.78 is 5.30. The van der Waals surface area contributed by atoms with Crippen molar-refractivity contribution < 1.29 is 9.53 Å². The number of hydrogen-bond acceptors (Lipinski definition) is 4. The number of amides is 1. The average molecular weight is 287 g/mol. The van der Waals surface area contributed by atoms with Crippen LogP contribution in [0.4, 0.5) is 0 Å². The van der Waals surface area contributed by atoms with Crippen molar-refractivity contribution >= 4 is 16.8 Å². The number of hydrogen-bond donors (Lipinski definition) is 2. The number of benzene rings is 1. The summed E-state index contributed by atoms with van der Waals surface area (Å²) in [7, 11) is 0. The van der Waals surface area contributed by atoms with Crippen molar-refractivity contribution in [3.05, 3.63) is 45.7 Å². The number of para-hydroxylation sites is 1. The van der Waals surface area contributed by atoms with E-state index in [2.05, 4.69) is 9.88 Å². The first kappa shape index (κ1) is 13.8. The maximum Gasteiger partial charge on any atom is 0.265 e. The van der Waals surface area contributed by atoms with E-state index in [1.165, 1.54) is 0 Å². The van der Waals surface area contributed by atoms with E-state index in [0.717, 1.165) is 13.1 Å². The van der Waals surface area contributed by atoms with Crippen LogP contribution in [0.25, 0.3) is 10.9 Å². The molecule has 1 aromatic carbocycles. The van der Waals surface area contributed by atoms with Gasteiger partial charge in [0.1, 0.15) is 5.69 Å². The van der Waals surface area contributed by atoms with E-state index in [1.807, 2.05) is 6.07 Å². The maximum atomic E-state index is 12.6. The molecule has 0 unspecified atom stereocenters. The molecule has 1 fully saturated rings. The van der Waals surface area contributed by atoms with E-state index in [-0.39, 0.29) is 11.1 Å². The van der Waals surface area contributed by atoms with Crippen LogP contribution in [-0.2, 0) is 11.3 Å². The molecule has 6 heteroatoms. The van der Waals surface area contributed by atoms with Crippen LogP contribution in [-0.4, -0.2) is 42.1 Å². The standard InChI is InChI=1S/C15H17N3O3/c16-15(20)13-11(9-18-5-7-21-8-6-18)14(19)10-3-1-2-4-12(10)17-13/h1-4H,5-9H2,(H2,16,20)(H,17,19). The van der Waals surface area contributed by atoms with E-state index in [4.69, 9.17) is 10.5 Å². The second-order valence-corrected chi connectivity index (χ2v) is 5.11. The van der Waals surface area contributed by atoms with Gasteiger partial charge in [0.15, 0.2) is 5.43 Å². The van der Waals surface area contributed by atoms with Crippen molar-refractivity contribution in [3.63, 3.8) is 0 Å². The van der Waals surface area contributed by atoms with Crippen LogP contribution in [0.3, 0.4) is 0 Å². The zero-order valence-electron chi connectivity index (χ0n) is 11.6. The number of morpholine rings is 1. The minimum absolute atomic E-state index is 0.135. The number of rotatable bonds is 3. The number of ether oxygens (including phenoxy) is 1. The maximum absolute atomic E-state index is 12.6. The summed E-state index contributed by atoms with van der Waals surface area (Å²) in [4.78, 5) is 29.4. The number of aromatic nitrogens is 1. The van der Waals surface area contributed by atoms with Crippen molar-refractivity contribution in [2.75, 3.05) is 26.3 Å². The highest BCUT2D eigenvalue weighted by molar-refractivity contribution is 5.95. The van der Waals surface area contributed by atoms with E-state index in [9.17, 15) is 9.59 Å². The van der Waals surface area contributed by atoms with Gasteiger partial charge in [0.05, 0.1) is 13.2 Å². The Morgan fingerprint density at radius 3 is 2.71 bits per heavy atom. The van der Waals surface area contributed by atoms with E-state index >= 15 is 0 Å². The summed E-state index contributed by atoms with van der Waals surface area (Å²) in [5.41, 5.74) is 6.55. The van der Waals surface area contributed by atoms with Gasteiger partial charge in [-0.1, -0.05) is 12.1 Å². The van der Waals surface area contributed by atoms with Gasteiger partial charge in [0, 0.05) is 36.1 Å². The zero-order chi connectivity index (χ0) is 14.8. The Bertz CT molecular complexity index is 733. The van der Waals surface area contributed by atoms with Crippen LogP contribution in [0.1, 0.15) is 16.1 Å². The lowest BCUT2D eigenvalue weighted by atomic mass is 10.1. The normalized spacial score (nSPS) is 16.2. The molecule has 1 amide bonds. The number of carbonyl (C=O) groups is 1. The van der Waals surface area contributed by atoms with E-state index in [1.54, 1.807) is 18.2 Å². The molecule has 1 saturated heterocycles. The smallest absolute Gasteiger partial charge is 0.265 e. The summed E-state index contributed by atoms with van der Waals surface area (Å²) in [5.74, 6) is -0.610. The molecule has 0 saturated carbocycles. The number of H-pyrrole nitrogens is 1. The van der Waals surface area contributed by atoms with Gasteiger partial charge in [-0.3, -0.25) is 14.5 Å². The molecule has 0 spiro atoms. The molecule has 0 bridgehead atoms. The second kappa shape index (κ2) is 5.67. The summed E-state index contributed by atoms with van der Waals surface area (Å²) in [5, 5.41) is 0.575. The number of carbonyl (C=O) groups excluding carboxylic acids is 1. The molecule has 3 rings (SSSR count). The van der Waals surface area contributed by atoms with Crippen molar-refractivity contribution in [1.82, 2.24) is 9.88 Å². The lowest BCUT2D eigenvalue weighted by Gasteiger charge is -2.26. The van der Waals surface area contributed by atoms with Gasteiger partial charge >= 0.3 is 0 Å². The quantitative estimate of drug-likeness (QED) is 0.858. The minimum Gasteiger partial charge on any atom is -0.379 e. The molecule has 110 valence electrons. The Labute approximate surface area is 121 Å². The molecule has 21 heavy (non-hydrogen) atoms. The van der Waals surface area contributed by atoms with Crippen LogP contribution in [0.2, 0.25) is 0 Å². The summed E-state index contributed by atoms with van der Waals surface area (Å²) in [6, 6.07) is 7.13. The van der Waals surface area contributed by atoms with Gasteiger partial charge < -0.3 is 15.5 Å². The molecule has 2 heterocycles. The van der Waals surface area contributed by atoms with Crippen LogP contribution in [0.15, 0.2) is 29.1 Å². The lowest BCUT2D eigenvalue weighted by molar-refractivity contribution is 0.0339. The van der Waals surface area contributed by atoms with Crippen molar-refractivity contribution in [1.29, 1.82) is 0 Å². The molecule has 2 aromatic rings. The minimum atomic E-state index is -0.610. The highest BCUT2D eigenvalue weighted by Gasteiger charge is 2.19. The monoisotopic (exact) mass is 287 g/mol. The zero-order valence-corrected chi connectivity index (χ0v) is 11.6. The second-order valence-electron chi connectivity index (χ2n) is 5.11. The van der Waals surface area contributed by atoms with Crippen LogP contribution < -0.4 is 11.2 Å². The van der Waals surface area contributed by atoms with Crippen molar-refractivity contribution in [2.45, 2.75) is 6.54 Å². The predicted molar refractivity (Wildman–Crippen MR) is 79.2 cm³/mol. The molecule has 0 atom stereocenters. The fourth-order valence-electron chi connectivity index (χ4n) is 2.62. The number of nitrogens with two attached hydrogens (primary N) is 1. The number of primary amides is 1. The van der Waals surface area contributed by atoms with Gasteiger partial charge in [0.25, 0.3) is 5.91 Å². The molecular formula is C15H17N3O3. The largest absolute Gasteiger partial charge is 0.379 e. The summed E-state index contributed by atoms with van der Waals surface area (Å²) >= 11 is 0. The molecule has 0 radical (unpaired) electrons. The van der Waals surface area contributed by atoms with Crippen LogP contribution in [0.5, 0.6) is 0 Å². The molecule has 0 aliphatic carbocycles. The topological polar surface area (TPSA) is 88.4 Å². The molecular weight excluding hydrogens is 270 g/mol. The van der Waals surface area contributed by atoms with Crippen molar-refractivity contribution in [3.8, 4) is 0 Å². The Kier molecular flexibility index (Phi) is 3.72. The van der Waals surface area contributed by atoms with Crippen molar-refractivity contribution in [2.24, 2.45) is 5.73 Å². The fourth-order valence-corrected chi connectivity index (χ4v) is 2.62. The predicted octanol–water partition coefficient (Wildman–Crippen LogP) is 0.459. The Morgan fingerprint density at radius 1 is 1.29 bits per heavy atom. The summed E-state index contributed by atoms with van der Waals surface area (Å²) in [6.45, 7) is 3.16. The SMILES string of the molecule is NC(=O)c1[nH]c2ccccc2c(=O)c1CN1CCOCC1. The first-order chi connectivity index (χ1) is 10.2. The molecule has 3 N–H and O–H groups in total. The van der Waals surface area contributed by atoms with Gasteiger partial charge in [-0.25, -0.2) is 0 Å². The third kappa shape index (κ3) is 2.68. The Balaban J connectivity index is 2.10. The van der Waals surface area contributed by atoms with Gasteiger partial charge in [-0.15, -0.1) is 0 Å². The third-order valence-corrected chi connectivity index (χ3v) is 3.74. The number of nitrogens with one attached hydrogen (secondary N) is 1. The third-order valence-electron chi connectivity index (χ3n) is 3.74. The molecule has 6 nitrogen and oxygen atoms in total. The fraction of sp³-hybridized carbons (Fsp3) is 0.333. The number of nitrogens with zero attached hydrogens (tertiary/aromatic N) is 1.